The lowest BCUT2D eigenvalue weighted by molar-refractivity contribution is -0.157. The molecule has 8 nitrogen and oxygen atoms in total. The summed E-state index contributed by atoms with van der Waals surface area (Å²) < 4.78 is 12.1. The van der Waals surface area contributed by atoms with Crippen LogP contribution in [0.4, 0.5) is 0 Å². The number of rotatable bonds is 6. The summed E-state index contributed by atoms with van der Waals surface area (Å²) in [5.74, 6) is -2.88. The highest BCUT2D eigenvalue weighted by atomic mass is 16.6. The molecule has 1 aromatic carbocycles. The van der Waals surface area contributed by atoms with Gasteiger partial charge in [0.15, 0.2) is 0 Å². The molecule has 4 aliphatic heterocycles. The number of aliphatic hydroxyl groups excluding tert-OH is 1. The van der Waals surface area contributed by atoms with Gasteiger partial charge in [-0.15, -0.1) is 0 Å². The summed E-state index contributed by atoms with van der Waals surface area (Å²) in [6.45, 7) is 4.34. The summed E-state index contributed by atoms with van der Waals surface area (Å²) >= 11 is 0. The molecule has 2 unspecified atom stereocenters. The highest BCUT2D eigenvalue weighted by Gasteiger charge is 2.72. The lowest BCUT2D eigenvalue weighted by Crippen LogP contribution is -2.57. The molecule has 36 heavy (non-hydrogen) atoms. The number of nitrogens with zero attached hydrogens (tertiary/aromatic N) is 2. The number of benzene rings is 1. The molecule has 0 saturated carbocycles. The SMILES string of the molecule is CCCC(C)N1CC=C[C@]23O[C@@H]4C=CCCOC(=O)[C@@H]4[C@H]2C(=O)N([C@H](CO)c2ccccc2)C3C1=O. The van der Waals surface area contributed by atoms with E-state index in [0.717, 1.165) is 12.8 Å². The van der Waals surface area contributed by atoms with Crippen molar-refractivity contribution in [3.05, 3.63) is 60.2 Å². The first-order valence-corrected chi connectivity index (χ1v) is 12.9. The second-order valence-electron chi connectivity index (χ2n) is 10.1. The van der Waals surface area contributed by atoms with Crippen molar-refractivity contribution in [3.8, 4) is 0 Å². The molecule has 8 heteroatoms. The van der Waals surface area contributed by atoms with Crippen molar-refractivity contribution in [2.45, 2.75) is 62.9 Å². The fourth-order valence-electron chi connectivity index (χ4n) is 6.40. The maximum Gasteiger partial charge on any atom is 0.312 e. The molecule has 4 aliphatic rings. The minimum absolute atomic E-state index is 0.0393. The van der Waals surface area contributed by atoms with Crippen LogP contribution >= 0.6 is 0 Å². The lowest BCUT2D eigenvalue weighted by Gasteiger charge is -2.40. The van der Waals surface area contributed by atoms with E-state index < -0.39 is 41.6 Å². The zero-order valence-corrected chi connectivity index (χ0v) is 20.8. The molecular formula is C28H34N2O6. The summed E-state index contributed by atoms with van der Waals surface area (Å²) in [7, 11) is 0. The maximum absolute atomic E-state index is 14.3. The Morgan fingerprint density at radius 1 is 1.14 bits per heavy atom. The molecule has 0 aromatic heterocycles. The summed E-state index contributed by atoms with van der Waals surface area (Å²) in [5.41, 5.74) is -0.616. The Morgan fingerprint density at radius 3 is 2.64 bits per heavy atom. The van der Waals surface area contributed by atoms with Crippen LogP contribution in [0.2, 0.25) is 0 Å². The molecule has 0 radical (unpaired) electrons. The number of hydrogen-bond donors (Lipinski definition) is 1. The summed E-state index contributed by atoms with van der Waals surface area (Å²) in [4.78, 5) is 45.0. The maximum atomic E-state index is 14.3. The number of carbonyl (C=O) groups is 3. The van der Waals surface area contributed by atoms with Crippen molar-refractivity contribution in [1.29, 1.82) is 0 Å². The molecule has 192 valence electrons. The third kappa shape index (κ3) is 3.78. The minimum Gasteiger partial charge on any atom is -0.465 e. The molecule has 4 heterocycles. The summed E-state index contributed by atoms with van der Waals surface area (Å²) in [5, 5.41) is 10.5. The molecule has 1 N–H and O–H groups in total. The molecular weight excluding hydrogens is 460 g/mol. The lowest BCUT2D eigenvalue weighted by atomic mass is 9.77. The number of cyclic esters (lactones) is 1. The van der Waals surface area contributed by atoms with Crippen LogP contribution in [-0.4, -0.2) is 76.2 Å². The van der Waals surface area contributed by atoms with Gasteiger partial charge in [-0.3, -0.25) is 14.4 Å². The number of ether oxygens (including phenoxy) is 2. The zero-order valence-electron chi connectivity index (χ0n) is 20.8. The van der Waals surface area contributed by atoms with Gasteiger partial charge in [0.2, 0.25) is 11.8 Å². The number of fused-ring (bicyclic) bond motifs is 2. The zero-order chi connectivity index (χ0) is 25.4. The first kappa shape index (κ1) is 24.7. The van der Waals surface area contributed by atoms with Gasteiger partial charge in [-0.25, -0.2) is 0 Å². The van der Waals surface area contributed by atoms with Crippen LogP contribution in [0.15, 0.2) is 54.6 Å². The van der Waals surface area contributed by atoms with E-state index in [4.69, 9.17) is 9.47 Å². The van der Waals surface area contributed by atoms with E-state index in [1.807, 2.05) is 61.6 Å². The van der Waals surface area contributed by atoms with E-state index in [9.17, 15) is 19.5 Å². The second kappa shape index (κ2) is 9.82. The number of carbonyl (C=O) groups excluding carboxylic acids is 3. The first-order valence-electron chi connectivity index (χ1n) is 12.9. The third-order valence-electron chi connectivity index (χ3n) is 8.02. The normalized spacial score (nSPS) is 33.2. The van der Waals surface area contributed by atoms with Gasteiger partial charge < -0.3 is 24.4 Å². The predicted octanol–water partition coefficient (Wildman–Crippen LogP) is 2.39. The van der Waals surface area contributed by atoms with Crippen molar-refractivity contribution < 1.29 is 29.0 Å². The second-order valence-corrected chi connectivity index (χ2v) is 10.1. The molecule has 0 aliphatic carbocycles. The van der Waals surface area contributed by atoms with Gasteiger partial charge in [0.25, 0.3) is 0 Å². The molecule has 1 spiro atoms. The third-order valence-corrected chi connectivity index (χ3v) is 8.02. The van der Waals surface area contributed by atoms with Crippen molar-refractivity contribution in [2.24, 2.45) is 11.8 Å². The molecule has 2 saturated heterocycles. The Hall–Kier alpha value is -2.97. The average molecular weight is 495 g/mol. The van der Waals surface area contributed by atoms with Crippen LogP contribution in [0.3, 0.4) is 0 Å². The first-order chi connectivity index (χ1) is 17.4. The highest BCUT2D eigenvalue weighted by molar-refractivity contribution is 5.99. The van der Waals surface area contributed by atoms with E-state index in [2.05, 4.69) is 6.92 Å². The van der Waals surface area contributed by atoms with E-state index >= 15 is 0 Å². The number of amides is 2. The topological polar surface area (TPSA) is 96.4 Å². The van der Waals surface area contributed by atoms with Crippen LogP contribution in [0, 0.1) is 11.8 Å². The minimum atomic E-state index is -1.33. The monoisotopic (exact) mass is 494 g/mol. The van der Waals surface area contributed by atoms with Crippen LogP contribution in [-0.2, 0) is 23.9 Å². The van der Waals surface area contributed by atoms with Crippen molar-refractivity contribution >= 4 is 17.8 Å². The van der Waals surface area contributed by atoms with Crippen molar-refractivity contribution in [1.82, 2.24) is 9.80 Å². The molecule has 1 aromatic rings. The Labute approximate surface area is 211 Å². The Balaban J connectivity index is 1.66. The standard InChI is InChI=1S/C28H34N2O6/c1-3-10-18(2)29-15-9-14-28-23(22-21(36-28)13-7-8-16-35-27(22)34)25(32)30(24(28)26(29)33)20(17-31)19-11-5-4-6-12-19/h4-7,9,11-14,18,20-24,31H,3,8,10,15-17H2,1-2H3/t18?,20-,21-,22+,23+,24?,28+/m1/s1. The number of likely N-dealkylation sites (tertiary alicyclic amines) is 1. The Kier molecular flexibility index (Phi) is 6.74. The van der Waals surface area contributed by atoms with Gasteiger partial charge in [-0.1, -0.05) is 68.0 Å². The van der Waals surface area contributed by atoms with Gasteiger partial charge in [-0.05, 0) is 25.3 Å². The number of esters is 1. The molecule has 5 rings (SSSR count). The van der Waals surface area contributed by atoms with Crippen LogP contribution in [0.1, 0.15) is 44.7 Å². The average Bonchev–Trinajstić information content (AvgIpc) is 3.24. The van der Waals surface area contributed by atoms with Gasteiger partial charge >= 0.3 is 5.97 Å². The molecule has 2 fully saturated rings. The van der Waals surface area contributed by atoms with E-state index in [1.54, 1.807) is 4.90 Å². The summed E-state index contributed by atoms with van der Waals surface area (Å²) in [6, 6.07) is 7.39. The fraction of sp³-hybridized carbons (Fsp3) is 0.536. The summed E-state index contributed by atoms with van der Waals surface area (Å²) in [6.07, 6.45) is 9.07. The van der Waals surface area contributed by atoms with Crippen LogP contribution in [0.5, 0.6) is 0 Å². The van der Waals surface area contributed by atoms with E-state index in [-0.39, 0.29) is 31.1 Å². The van der Waals surface area contributed by atoms with Crippen molar-refractivity contribution in [2.75, 3.05) is 19.8 Å². The molecule has 7 atom stereocenters. The van der Waals surface area contributed by atoms with Gasteiger partial charge in [0.05, 0.1) is 31.3 Å². The largest absolute Gasteiger partial charge is 0.465 e. The predicted molar refractivity (Wildman–Crippen MR) is 131 cm³/mol. The Morgan fingerprint density at radius 2 is 1.92 bits per heavy atom. The van der Waals surface area contributed by atoms with Gasteiger partial charge in [-0.2, -0.15) is 0 Å². The Bertz CT molecular complexity index is 1070. The van der Waals surface area contributed by atoms with Gasteiger partial charge in [0.1, 0.15) is 17.6 Å². The smallest absolute Gasteiger partial charge is 0.312 e. The van der Waals surface area contributed by atoms with Gasteiger partial charge in [0, 0.05) is 12.6 Å². The molecule has 2 amide bonds. The number of hydrogen-bond acceptors (Lipinski definition) is 6. The molecule has 0 bridgehead atoms. The number of aliphatic hydroxyl groups is 1. The van der Waals surface area contributed by atoms with Crippen LogP contribution in [0.25, 0.3) is 0 Å². The fourth-order valence-corrected chi connectivity index (χ4v) is 6.40. The quantitative estimate of drug-likeness (QED) is 0.482. The van der Waals surface area contributed by atoms with E-state index in [0.29, 0.717) is 18.5 Å². The van der Waals surface area contributed by atoms with Crippen molar-refractivity contribution in [3.63, 3.8) is 0 Å². The highest BCUT2D eigenvalue weighted by Crippen LogP contribution is 2.55. The van der Waals surface area contributed by atoms with E-state index in [1.165, 1.54) is 4.90 Å². The van der Waals surface area contributed by atoms with Crippen LogP contribution < -0.4 is 0 Å².